The van der Waals surface area contributed by atoms with Crippen molar-refractivity contribution in [3.63, 3.8) is 0 Å². The fraction of sp³-hybridized carbons (Fsp3) is 0.286. The van der Waals surface area contributed by atoms with E-state index in [0.717, 1.165) is 30.7 Å². The maximum atomic E-state index is 12.7. The van der Waals surface area contributed by atoms with Gasteiger partial charge in [-0.15, -0.1) is 0 Å². The number of aryl methyl sites for hydroxylation is 1. The minimum absolute atomic E-state index is 0.185. The van der Waals surface area contributed by atoms with Crippen LogP contribution < -0.4 is 5.32 Å². The molecule has 0 saturated carbocycles. The fourth-order valence-electron chi connectivity index (χ4n) is 1.81. The molecule has 1 heterocycles. The van der Waals surface area contributed by atoms with E-state index in [4.69, 9.17) is 11.6 Å². The number of rotatable bonds is 4. The maximum absolute atomic E-state index is 12.7. The Morgan fingerprint density at radius 1 is 1.19 bits per heavy atom. The Kier molecular flexibility index (Phi) is 4.67. The van der Waals surface area contributed by atoms with Gasteiger partial charge in [0.15, 0.2) is 0 Å². The second-order valence-corrected chi connectivity index (χ2v) is 4.85. The van der Waals surface area contributed by atoms with Gasteiger partial charge in [0.25, 0.3) is 0 Å². The van der Waals surface area contributed by atoms with E-state index in [1.807, 2.05) is 6.92 Å². The van der Waals surface area contributed by atoms with Gasteiger partial charge >= 0.3 is 6.18 Å². The Morgan fingerprint density at radius 2 is 1.95 bits per heavy atom. The van der Waals surface area contributed by atoms with Crippen LogP contribution in [0, 0.1) is 0 Å². The molecule has 0 unspecified atom stereocenters. The van der Waals surface area contributed by atoms with Crippen molar-refractivity contribution in [2.75, 3.05) is 5.32 Å². The summed E-state index contributed by atoms with van der Waals surface area (Å²) in [4.78, 5) is 8.19. The van der Waals surface area contributed by atoms with Gasteiger partial charge in [-0.1, -0.05) is 31.0 Å². The first-order valence-corrected chi connectivity index (χ1v) is 6.74. The zero-order chi connectivity index (χ0) is 15.5. The number of hydrogen-bond donors (Lipinski definition) is 1. The summed E-state index contributed by atoms with van der Waals surface area (Å²) in [7, 11) is 0. The molecule has 0 saturated heterocycles. The Bertz CT molecular complexity index is 629. The largest absolute Gasteiger partial charge is 0.416 e. The molecule has 1 N–H and O–H groups in total. The molecule has 3 nitrogen and oxygen atoms in total. The van der Waals surface area contributed by atoms with Crippen LogP contribution in [0.2, 0.25) is 5.15 Å². The number of halogens is 4. The van der Waals surface area contributed by atoms with Gasteiger partial charge in [-0.05, 0) is 30.7 Å². The zero-order valence-corrected chi connectivity index (χ0v) is 12.0. The Morgan fingerprint density at radius 3 is 2.62 bits per heavy atom. The summed E-state index contributed by atoms with van der Waals surface area (Å²) >= 11 is 5.88. The molecule has 0 bridgehead atoms. The third-order valence-corrected chi connectivity index (χ3v) is 2.89. The predicted octanol–water partition coefficient (Wildman–Crippen LogP) is 4.84. The van der Waals surface area contributed by atoms with Crippen LogP contribution in [0.4, 0.5) is 24.8 Å². The molecule has 0 aliphatic rings. The van der Waals surface area contributed by atoms with E-state index in [-0.39, 0.29) is 16.8 Å². The minimum atomic E-state index is -4.39. The number of nitrogens with zero attached hydrogens (tertiary/aromatic N) is 2. The van der Waals surface area contributed by atoms with E-state index in [1.165, 1.54) is 12.1 Å². The smallest absolute Gasteiger partial charge is 0.324 e. The van der Waals surface area contributed by atoms with E-state index in [0.29, 0.717) is 0 Å². The summed E-state index contributed by atoms with van der Waals surface area (Å²) in [5, 5.41) is 3.00. The van der Waals surface area contributed by atoms with E-state index in [2.05, 4.69) is 15.3 Å². The highest BCUT2D eigenvalue weighted by Gasteiger charge is 2.30. The van der Waals surface area contributed by atoms with Crippen LogP contribution in [0.3, 0.4) is 0 Å². The average Bonchev–Trinajstić information content (AvgIpc) is 2.37. The van der Waals surface area contributed by atoms with Crippen molar-refractivity contribution >= 4 is 23.2 Å². The third kappa shape index (κ3) is 4.32. The molecule has 2 rings (SSSR count). The summed E-state index contributed by atoms with van der Waals surface area (Å²) in [5.74, 6) is 0.185. The molecule has 0 atom stereocenters. The summed E-state index contributed by atoms with van der Waals surface area (Å²) in [6.07, 6.45) is -2.78. The molecular weight excluding hydrogens is 303 g/mol. The molecular formula is C14H13ClF3N3. The van der Waals surface area contributed by atoms with Crippen LogP contribution in [-0.4, -0.2) is 9.97 Å². The van der Waals surface area contributed by atoms with Gasteiger partial charge in [-0.2, -0.15) is 13.2 Å². The molecule has 1 aromatic carbocycles. The van der Waals surface area contributed by atoms with Gasteiger partial charge in [0.2, 0.25) is 5.95 Å². The summed E-state index contributed by atoms with van der Waals surface area (Å²) in [6, 6.07) is 6.49. The second kappa shape index (κ2) is 6.30. The third-order valence-electron chi connectivity index (χ3n) is 2.70. The lowest BCUT2D eigenvalue weighted by Gasteiger charge is -2.10. The van der Waals surface area contributed by atoms with E-state index < -0.39 is 11.7 Å². The van der Waals surface area contributed by atoms with Crippen LogP contribution in [-0.2, 0) is 12.6 Å². The highest BCUT2D eigenvalue weighted by molar-refractivity contribution is 6.29. The minimum Gasteiger partial charge on any atom is -0.324 e. The van der Waals surface area contributed by atoms with Crippen LogP contribution >= 0.6 is 11.6 Å². The molecule has 21 heavy (non-hydrogen) atoms. The molecule has 0 amide bonds. The number of aromatic nitrogens is 2. The second-order valence-electron chi connectivity index (χ2n) is 4.46. The van der Waals surface area contributed by atoms with E-state index >= 15 is 0 Å². The number of benzene rings is 1. The Labute approximate surface area is 125 Å². The molecule has 7 heteroatoms. The number of hydrogen-bond acceptors (Lipinski definition) is 3. The SMILES string of the molecule is CCCc1cc(Cl)nc(Nc2cccc(C(F)(F)F)c2)n1. The molecule has 2 aromatic rings. The number of anilines is 2. The first-order chi connectivity index (χ1) is 9.88. The van der Waals surface area contributed by atoms with Gasteiger partial charge in [0.05, 0.1) is 5.56 Å². The number of alkyl halides is 3. The lowest BCUT2D eigenvalue weighted by molar-refractivity contribution is -0.137. The quantitative estimate of drug-likeness (QED) is 0.820. The van der Waals surface area contributed by atoms with E-state index in [1.54, 1.807) is 6.07 Å². The van der Waals surface area contributed by atoms with Gasteiger partial charge in [-0.25, -0.2) is 9.97 Å². The summed E-state index contributed by atoms with van der Waals surface area (Å²) in [6.45, 7) is 2.00. The zero-order valence-electron chi connectivity index (χ0n) is 11.2. The summed E-state index contributed by atoms with van der Waals surface area (Å²) in [5.41, 5.74) is 0.268. The average molecular weight is 316 g/mol. The molecule has 0 fully saturated rings. The molecule has 0 aliphatic heterocycles. The van der Waals surface area contributed by atoms with E-state index in [9.17, 15) is 13.2 Å². The van der Waals surface area contributed by atoms with Crippen molar-refractivity contribution in [1.82, 2.24) is 9.97 Å². The number of nitrogens with one attached hydrogen (secondary N) is 1. The molecule has 0 radical (unpaired) electrons. The molecule has 0 spiro atoms. The van der Waals surface area contributed by atoms with Gasteiger partial charge in [0.1, 0.15) is 5.15 Å². The molecule has 0 aliphatic carbocycles. The van der Waals surface area contributed by atoms with Crippen LogP contribution in [0.1, 0.15) is 24.6 Å². The molecule has 1 aromatic heterocycles. The van der Waals surface area contributed by atoms with Crippen molar-refractivity contribution in [3.8, 4) is 0 Å². The first-order valence-electron chi connectivity index (χ1n) is 6.36. The van der Waals surface area contributed by atoms with Crippen LogP contribution in [0.5, 0.6) is 0 Å². The van der Waals surface area contributed by atoms with Crippen LogP contribution in [0.15, 0.2) is 30.3 Å². The van der Waals surface area contributed by atoms with Crippen molar-refractivity contribution in [2.24, 2.45) is 0 Å². The lowest BCUT2D eigenvalue weighted by atomic mass is 10.2. The highest BCUT2D eigenvalue weighted by Crippen LogP contribution is 2.31. The topological polar surface area (TPSA) is 37.8 Å². The van der Waals surface area contributed by atoms with Crippen LogP contribution in [0.25, 0.3) is 0 Å². The maximum Gasteiger partial charge on any atom is 0.416 e. The lowest BCUT2D eigenvalue weighted by Crippen LogP contribution is -2.06. The van der Waals surface area contributed by atoms with Crippen molar-refractivity contribution in [3.05, 3.63) is 46.7 Å². The van der Waals surface area contributed by atoms with Crippen molar-refractivity contribution in [1.29, 1.82) is 0 Å². The summed E-state index contributed by atoms with van der Waals surface area (Å²) < 4.78 is 38.0. The normalized spacial score (nSPS) is 11.5. The Balaban J connectivity index is 2.26. The van der Waals surface area contributed by atoms with Gasteiger partial charge < -0.3 is 5.32 Å². The van der Waals surface area contributed by atoms with Crippen molar-refractivity contribution < 1.29 is 13.2 Å². The predicted molar refractivity (Wildman–Crippen MR) is 75.8 cm³/mol. The highest BCUT2D eigenvalue weighted by atomic mass is 35.5. The molecule has 112 valence electrons. The Hall–Kier alpha value is -1.82. The first kappa shape index (κ1) is 15.6. The van der Waals surface area contributed by atoms with Gasteiger partial charge in [0, 0.05) is 11.4 Å². The monoisotopic (exact) mass is 315 g/mol. The van der Waals surface area contributed by atoms with Crippen molar-refractivity contribution in [2.45, 2.75) is 25.9 Å². The van der Waals surface area contributed by atoms with Gasteiger partial charge in [-0.3, -0.25) is 0 Å². The fourth-order valence-corrected chi connectivity index (χ4v) is 2.01. The standard InChI is InChI=1S/C14H13ClF3N3/c1-2-4-10-8-12(15)21-13(19-10)20-11-6-3-5-9(7-11)14(16,17)18/h3,5-8H,2,4H2,1H3,(H,19,20,21).